The van der Waals surface area contributed by atoms with E-state index in [1.165, 1.54) is 6.92 Å². The molecule has 0 aromatic carbocycles. The third-order valence-corrected chi connectivity index (χ3v) is 5.11. The van der Waals surface area contributed by atoms with Crippen molar-refractivity contribution in [2.45, 2.75) is 46.5 Å². The van der Waals surface area contributed by atoms with Crippen molar-refractivity contribution >= 4 is 17.5 Å². The highest BCUT2D eigenvalue weighted by molar-refractivity contribution is 5.95. The Labute approximate surface area is 107 Å². The van der Waals surface area contributed by atoms with Crippen LogP contribution in [0.5, 0.6) is 0 Å². The molecule has 1 heterocycles. The number of hydrogen-bond donors (Lipinski definition) is 0. The van der Waals surface area contributed by atoms with E-state index in [9.17, 15) is 14.4 Å². The van der Waals surface area contributed by atoms with E-state index < -0.39 is 10.8 Å². The summed E-state index contributed by atoms with van der Waals surface area (Å²) in [5, 5.41) is 0. The van der Waals surface area contributed by atoms with Gasteiger partial charge in [-0.2, -0.15) is 0 Å². The number of fused-ring (bicyclic) bond motifs is 1. The summed E-state index contributed by atoms with van der Waals surface area (Å²) in [6, 6.07) is 0. The summed E-state index contributed by atoms with van der Waals surface area (Å²) in [6.07, 6.45) is 2.00. The highest BCUT2D eigenvalue weighted by Gasteiger charge is 2.64. The summed E-state index contributed by atoms with van der Waals surface area (Å²) in [5.74, 6) is -0.00581. The molecule has 0 spiro atoms. The van der Waals surface area contributed by atoms with E-state index in [4.69, 9.17) is 4.74 Å². The van der Waals surface area contributed by atoms with Gasteiger partial charge in [-0.25, -0.2) is 0 Å². The zero-order chi connectivity index (χ0) is 13.6. The van der Waals surface area contributed by atoms with Crippen molar-refractivity contribution < 1.29 is 19.1 Å². The molecule has 0 aromatic rings. The number of carbonyl (C=O) groups is 3. The Morgan fingerprint density at radius 1 is 1.39 bits per heavy atom. The van der Waals surface area contributed by atoms with Gasteiger partial charge in [0.2, 0.25) is 0 Å². The van der Waals surface area contributed by atoms with Crippen molar-refractivity contribution in [3.8, 4) is 0 Å². The van der Waals surface area contributed by atoms with E-state index in [-0.39, 0.29) is 23.5 Å². The number of carbonyl (C=O) groups excluding carboxylic acids is 3. The zero-order valence-electron chi connectivity index (χ0n) is 11.2. The van der Waals surface area contributed by atoms with Crippen LogP contribution >= 0.6 is 0 Å². The molecule has 3 atom stereocenters. The molecular weight excluding hydrogens is 232 g/mol. The molecule has 1 saturated heterocycles. The third kappa shape index (κ3) is 1.62. The molecule has 2 fully saturated rings. The predicted octanol–water partition coefficient (Wildman–Crippen LogP) is 1.90. The molecule has 1 aliphatic carbocycles. The molecule has 4 heteroatoms. The molecule has 1 aliphatic heterocycles. The SMILES string of the molecule is CC(=O)CC[C@@]1(C)C(=O)CC[C@H]2COC(=O)[C@@]21C. The second-order valence-corrected chi connectivity index (χ2v) is 5.99. The summed E-state index contributed by atoms with van der Waals surface area (Å²) in [6.45, 7) is 5.60. The van der Waals surface area contributed by atoms with E-state index in [2.05, 4.69) is 0 Å². The van der Waals surface area contributed by atoms with Crippen LogP contribution in [0.1, 0.15) is 46.5 Å². The van der Waals surface area contributed by atoms with Crippen LogP contribution in [0, 0.1) is 16.7 Å². The monoisotopic (exact) mass is 252 g/mol. The summed E-state index contributed by atoms with van der Waals surface area (Å²) in [5.41, 5.74) is -1.51. The van der Waals surface area contributed by atoms with Crippen LogP contribution in [0.4, 0.5) is 0 Å². The average Bonchev–Trinajstić information content (AvgIpc) is 2.61. The minimum absolute atomic E-state index is 0.0566. The summed E-state index contributed by atoms with van der Waals surface area (Å²) >= 11 is 0. The van der Waals surface area contributed by atoms with Crippen LogP contribution < -0.4 is 0 Å². The standard InChI is InChI=1S/C14H20O4/c1-9(15)6-7-13(2)11(16)5-4-10-8-18-12(17)14(10,13)3/h10H,4-8H2,1-3H3/t10-,13-,14+/m0/s1. The highest BCUT2D eigenvalue weighted by atomic mass is 16.5. The fourth-order valence-corrected chi connectivity index (χ4v) is 3.40. The van der Waals surface area contributed by atoms with Crippen LogP contribution in [0.3, 0.4) is 0 Å². The maximum absolute atomic E-state index is 12.3. The Hall–Kier alpha value is -1.19. The first-order valence-corrected chi connectivity index (χ1v) is 6.52. The minimum atomic E-state index is -0.755. The quantitative estimate of drug-likeness (QED) is 0.720. The number of cyclic esters (lactones) is 1. The molecule has 4 nitrogen and oxygen atoms in total. The van der Waals surface area contributed by atoms with Gasteiger partial charge in [-0.1, -0.05) is 6.92 Å². The van der Waals surface area contributed by atoms with Crippen molar-refractivity contribution in [1.82, 2.24) is 0 Å². The van der Waals surface area contributed by atoms with Gasteiger partial charge in [0.1, 0.15) is 11.6 Å². The number of hydrogen-bond acceptors (Lipinski definition) is 4. The highest BCUT2D eigenvalue weighted by Crippen LogP contribution is 2.57. The normalized spacial score (nSPS) is 39.4. The van der Waals surface area contributed by atoms with Crippen molar-refractivity contribution in [1.29, 1.82) is 0 Å². The molecule has 0 bridgehead atoms. The fraction of sp³-hybridized carbons (Fsp3) is 0.786. The predicted molar refractivity (Wildman–Crippen MR) is 64.8 cm³/mol. The molecule has 2 rings (SSSR count). The summed E-state index contributed by atoms with van der Waals surface area (Å²) in [7, 11) is 0. The number of esters is 1. The smallest absolute Gasteiger partial charge is 0.313 e. The van der Waals surface area contributed by atoms with Crippen molar-refractivity contribution in [2.24, 2.45) is 16.7 Å². The molecule has 0 amide bonds. The Bertz CT molecular complexity index is 414. The maximum Gasteiger partial charge on any atom is 0.313 e. The Morgan fingerprint density at radius 3 is 2.67 bits per heavy atom. The van der Waals surface area contributed by atoms with Gasteiger partial charge in [0.25, 0.3) is 0 Å². The van der Waals surface area contributed by atoms with Crippen LogP contribution in [0.15, 0.2) is 0 Å². The molecular formula is C14H20O4. The lowest BCUT2D eigenvalue weighted by Gasteiger charge is -2.46. The second-order valence-electron chi connectivity index (χ2n) is 5.99. The van der Waals surface area contributed by atoms with E-state index in [0.717, 1.165) is 6.42 Å². The topological polar surface area (TPSA) is 60.4 Å². The van der Waals surface area contributed by atoms with Gasteiger partial charge in [0.05, 0.1) is 12.0 Å². The minimum Gasteiger partial charge on any atom is -0.465 e. The molecule has 2 aliphatic rings. The maximum atomic E-state index is 12.3. The zero-order valence-corrected chi connectivity index (χ0v) is 11.2. The van der Waals surface area contributed by atoms with Crippen LogP contribution in [-0.4, -0.2) is 24.1 Å². The Morgan fingerprint density at radius 2 is 2.06 bits per heavy atom. The van der Waals surface area contributed by atoms with Crippen LogP contribution in [-0.2, 0) is 19.1 Å². The van der Waals surface area contributed by atoms with Gasteiger partial charge < -0.3 is 9.53 Å². The van der Waals surface area contributed by atoms with Crippen molar-refractivity contribution in [3.05, 3.63) is 0 Å². The van der Waals surface area contributed by atoms with Gasteiger partial charge in [0.15, 0.2) is 0 Å². The molecule has 0 N–H and O–H groups in total. The van der Waals surface area contributed by atoms with Gasteiger partial charge in [-0.15, -0.1) is 0 Å². The third-order valence-electron chi connectivity index (χ3n) is 5.11. The van der Waals surface area contributed by atoms with Crippen molar-refractivity contribution in [3.63, 3.8) is 0 Å². The average molecular weight is 252 g/mol. The molecule has 0 unspecified atom stereocenters. The van der Waals surface area contributed by atoms with Crippen LogP contribution in [0.2, 0.25) is 0 Å². The number of ether oxygens (including phenoxy) is 1. The van der Waals surface area contributed by atoms with Crippen molar-refractivity contribution in [2.75, 3.05) is 6.61 Å². The van der Waals surface area contributed by atoms with Gasteiger partial charge in [-0.05, 0) is 26.7 Å². The first-order valence-electron chi connectivity index (χ1n) is 6.52. The van der Waals surface area contributed by atoms with E-state index in [0.29, 0.717) is 25.9 Å². The second kappa shape index (κ2) is 4.18. The van der Waals surface area contributed by atoms with E-state index >= 15 is 0 Å². The summed E-state index contributed by atoms with van der Waals surface area (Å²) < 4.78 is 5.18. The molecule has 18 heavy (non-hydrogen) atoms. The number of Topliss-reactive ketones (excluding diaryl/α,β-unsaturated/α-hetero) is 2. The largest absolute Gasteiger partial charge is 0.465 e. The Kier molecular flexibility index (Phi) is 3.07. The Balaban J connectivity index is 2.36. The lowest BCUT2D eigenvalue weighted by molar-refractivity contribution is -0.162. The number of ketones is 2. The van der Waals surface area contributed by atoms with Crippen LogP contribution in [0.25, 0.3) is 0 Å². The van der Waals surface area contributed by atoms with Gasteiger partial charge >= 0.3 is 5.97 Å². The van der Waals surface area contributed by atoms with E-state index in [1.54, 1.807) is 0 Å². The lowest BCUT2D eigenvalue weighted by Crippen LogP contribution is -2.53. The molecule has 0 radical (unpaired) electrons. The van der Waals surface area contributed by atoms with E-state index in [1.807, 2.05) is 13.8 Å². The number of rotatable bonds is 3. The van der Waals surface area contributed by atoms with Gasteiger partial charge in [0, 0.05) is 24.2 Å². The van der Waals surface area contributed by atoms with Gasteiger partial charge in [-0.3, -0.25) is 9.59 Å². The first-order chi connectivity index (χ1) is 8.32. The molecule has 100 valence electrons. The lowest BCUT2D eigenvalue weighted by atomic mass is 9.52. The molecule has 0 aromatic heterocycles. The molecule has 1 saturated carbocycles. The first kappa shape index (κ1) is 13.2. The summed E-state index contributed by atoms with van der Waals surface area (Å²) in [4.78, 5) is 35.6. The fourth-order valence-electron chi connectivity index (χ4n) is 3.40.